The SMILES string of the molecule is C=C/C(N=O)=C(\CC)c1cccc(-c2ccc(C)cc2)c1.CCc1ccc(-c2ccccc2)cc1.Cc1ccc(-c2ccc3c(c2)c2cc(C)ccc2n3-c2cccc(C)c2)cc1. The summed E-state index contributed by atoms with van der Waals surface area (Å²) in [5, 5.41) is 5.69. The monoisotopic (exact) mass is 820 g/mol. The van der Waals surface area contributed by atoms with Crippen LogP contribution in [0.15, 0.2) is 212 Å². The van der Waals surface area contributed by atoms with Crippen LogP contribution in [-0.2, 0) is 6.42 Å². The summed E-state index contributed by atoms with van der Waals surface area (Å²) < 4.78 is 2.38. The molecule has 9 aromatic rings. The van der Waals surface area contributed by atoms with Crippen molar-refractivity contribution >= 4 is 27.4 Å². The van der Waals surface area contributed by atoms with Gasteiger partial charge < -0.3 is 4.57 Å². The van der Waals surface area contributed by atoms with Gasteiger partial charge in [-0.1, -0.05) is 183 Å². The van der Waals surface area contributed by atoms with Crippen molar-refractivity contribution in [2.75, 3.05) is 0 Å². The van der Waals surface area contributed by atoms with Gasteiger partial charge >= 0.3 is 0 Å². The molecule has 8 aromatic carbocycles. The van der Waals surface area contributed by atoms with Crippen molar-refractivity contribution < 1.29 is 0 Å². The van der Waals surface area contributed by atoms with E-state index in [1.54, 1.807) is 0 Å². The predicted octanol–water partition coefficient (Wildman–Crippen LogP) is 17.0. The maximum Gasteiger partial charge on any atom is 0.111 e. The first kappa shape index (κ1) is 43.7. The molecule has 0 radical (unpaired) electrons. The van der Waals surface area contributed by atoms with Gasteiger partial charge in [0.1, 0.15) is 5.70 Å². The normalized spacial score (nSPS) is 11.2. The Hall–Kier alpha value is -7.36. The van der Waals surface area contributed by atoms with Gasteiger partial charge in [0.25, 0.3) is 0 Å². The second-order valence-electron chi connectivity index (χ2n) is 16.2. The molecule has 0 spiro atoms. The minimum absolute atomic E-state index is 0.415. The molecule has 9 rings (SSSR count). The maximum absolute atomic E-state index is 10.9. The van der Waals surface area contributed by atoms with E-state index in [1.165, 1.54) is 83.6 Å². The topological polar surface area (TPSA) is 34.4 Å². The van der Waals surface area contributed by atoms with Crippen molar-refractivity contribution in [3.63, 3.8) is 0 Å². The van der Waals surface area contributed by atoms with E-state index in [0.717, 1.165) is 35.1 Å². The lowest BCUT2D eigenvalue weighted by Gasteiger charge is -2.09. The molecule has 1 aromatic heterocycles. The van der Waals surface area contributed by atoms with Crippen LogP contribution in [0, 0.1) is 32.6 Å². The molecule has 0 saturated heterocycles. The van der Waals surface area contributed by atoms with E-state index in [-0.39, 0.29) is 0 Å². The molecule has 0 atom stereocenters. The van der Waals surface area contributed by atoms with Crippen molar-refractivity contribution in [2.45, 2.75) is 54.4 Å². The van der Waals surface area contributed by atoms with Crippen LogP contribution in [0.5, 0.6) is 0 Å². The van der Waals surface area contributed by atoms with Crippen LogP contribution in [0.25, 0.3) is 66.4 Å². The molecule has 0 unspecified atom stereocenters. The number of hydrogen-bond acceptors (Lipinski definition) is 2. The molecule has 1 heterocycles. The Morgan fingerprint density at radius 1 is 0.492 bits per heavy atom. The highest BCUT2D eigenvalue weighted by atomic mass is 16.3. The van der Waals surface area contributed by atoms with Crippen LogP contribution in [0.2, 0.25) is 0 Å². The fraction of sp³-hybridized carbons (Fsp3) is 0.133. The lowest BCUT2D eigenvalue weighted by Crippen LogP contribution is -1.94. The summed E-state index contributed by atoms with van der Waals surface area (Å²) >= 11 is 0. The van der Waals surface area contributed by atoms with Gasteiger partial charge in [0, 0.05) is 16.5 Å². The number of allylic oxidation sites excluding steroid dienone is 2. The van der Waals surface area contributed by atoms with Crippen LogP contribution in [0.4, 0.5) is 0 Å². The summed E-state index contributed by atoms with van der Waals surface area (Å²) in [6.45, 7) is 16.4. The average Bonchev–Trinajstić information content (AvgIpc) is 3.64. The van der Waals surface area contributed by atoms with Gasteiger partial charge in [0.2, 0.25) is 0 Å². The largest absolute Gasteiger partial charge is 0.309 e. The molecule has 0 bridgehead atoms. The molecule has 0 saturated carbocycles. The molecule has 3 nitrogen and oxygen atoms in total. The van der Waals surface area contributed by atoms with Crippen molar-refractivity contribution in [3.05, 3.63) is 245 Å². The summed E-state index contributed by atoms with van der Waals surface area (Å²) in [5.41, 5.74) is 20.0. The second kappa shape index (κ2) is 20.5. The van der Waals surface area contributed by atoms with Gasteiger partial charge in [-0.3, -0.25) is 0 Å². The fourth-order valence-electron chi connectivity index (χ4n) is 8.05. The number of rotatable bonds is 9. The number of fused-ring (bicyclic) bond motifs is 3. The van der Waals surface area contributed by atoms with E-state index in [0.29, 0.717) is 5.70 Å². The van der Waals surface area contributed by atoms with Crippen LogP contribution in [0.3, 0.4) is 0 Å². The van der Waals surface area contributed by atoms with E-state index in [4.69, 9.17) is 0 Å². The Kier molecular flexibility index (Phi) is 14.2. The highest BCUT2D eigenvalue weighted by Crippen LogP contribution is 2.36. The summed E-state index contributed by atoms with van der Waals surface area (Å²) in [6.07, 6.45) is 3.36. The third-order valence-electron chi connectivity index (χ3n) is 11.6. The molecular formula is C60H56N2O. The molecule has 0 aliphatic rings. The highest BCUT2D eigenvalue weighted by molar-refractivity contribution is 6.10. The molecule has 0 N–H and O–H groups in total. The molecule has 0 fully saturated rings. The Morgan fingerprint density at radius 2 is 0.984 bits per heavy atom. The van der Waals surface area contributed by atoms with Gasteiger partial charge in [-0.25, -0.2) is 0 Å². The highest BCUT2D eigenvalue weighted by Gasteiger charge is 2.14. The number of aromatic nitrogens is 1. The number of benzene rings is 8. The minimum Gasteiger partial charge on any atom is -0.309 e. The Bertz CT molecular complexity index is 2990. The molecule has 0 amide bonds. The number of nitrogens with zero attached hydrogens (tertiary/aromatic N) is 2. The lowest BCUT2D eigenvalue weighted by molar-refractivity contribution is 1.14. The summed E-state index contributed by atoms with van der Waals surface area (Å²) in [4.78, 5) is 10.9. The quantitative estimate of drug-likeness (QED) is 0.105. The summed E-state index contributed by atoms with van der Waals surface area (Å²) in [5.74, 6) is 0. The average molecular weight is 821 g/mol. The van der Waals surface area contributed by atoms with E-state index in [9.17, 15) is 4.91 Å². The molecule has 0 aliphatic heterocycles. The lowest BCUT2D eigenvalue weighted by atomic mass is 9.96. The molecule has 312 valence electrons. The van der Waals surface area contributed by atoms with Gasteiger partial charge in [-0.2, -0.15) is 0 Å². The van der Waals surface area contributed by atoms with Crippen LogP contribution >= 0.6 is 0 Å². The van der Waals surface area contributed by atoms with Gasteiger partial charge in [0.05, 0.1) is 11.0 Å². The van der Waals surface area contributed by atoms with E-state index < -0.39 is 0 Å². The zero-order chi connectivity index (χ0) is 44.3. The van der Waals surface area contributed by atoms with Gasteiger partial charge in [-0.05, 0) is 150 Å². The third-order valence-corrected chi connectivity index (χ3v) is 11.6. The molecular weight excluding hydrogens is 765 g/mol. The van der Waals surface area contributed by atoms with Crippen molar-refractivity contribution in [1.29, 1.82) is 0 Å². The standard InChI is InChI=1S/C27H23N.C19H19NO.C14H14/c1-18-7-10-21(11-8-18)22-12-14-27-25(17-22)24-16-20(3)9-13-26(24)28(27)23-6-4-5-19(2)15-23;1-4-18(19(5-2)20-21)17-8-6-7-16(13-17)15-11-9-14(3)10-12-15;1-2-12-8-10-14(11-9-12)13-6-4-3-5-7-13/h4-17H,1-3H3;5-13H,2,4H2,1,3H3;3-11H,2H2,1H3/b;19-18-;. The molecule has 63 heavy (non-hydrogen) atoms. The minimum atomic E-state index is 0.415. The number of hydrogen-bond donors (Lipinski definition) is 0. The Balaban J connectivity index is 0.000000150. The number of nitroso groups, excluding NO2 is 1. The first-order valence-corrected chi connectivity index (χ1v) is 21.9. The smallest absolute Gasteiger partial charge is 0.111 e. The van der Waals surface area contributed by atoms with Crippen molar-refractivity contribution in [2.24, 2.45) is 5.18 Å². The fourth-order valence-corrected chi connectivity index (χ4v) is 8.05. The van der Waals surface area contributed by atoms with Crippen LogP contribution in [-0.4, -0.2) is 4.57 Å². The second-order valence-corrected chi connectivity index (χ2v) is 16.2. The van der Waals surface area contributed by atoms with Crippen molar-refractivity contribution in [1.82, 2.24) is 4.57 Å². The zero-order valence-corrected chi connectivity index (χ0v) is 37.4. The zero-order valence-electron chi connectivity index (χ0n) is 37.4. The molecule has 0 aliphatic carbocycles. The molecule has 3 heteroatoms. The Morgan fingerprint density at radius 3 is 1.57 bits per heavy atom. The van der Waals surface area contributed by atoms with E-state index in [1.807, 2.05) is 25.1 Å². The third kappa shape index (κ3) is 10.4. The first-order chi connectivity index (χ1) is 30.7. The number of aryl methyl sites for hydroxylation is 5. The van der Waals surface area contributed by atoms with Crippen LogP contribution < -0.4 is 0 Å². The van der Waals surface area contributed by atoms with E-state index >= 15 is 0 Å². The van der Waals surface area contributed by atoms with Crippen LogP contribution in [0.1, 0.15) is 53.6 Å². The first-order valence-electron chi connectivity index (χ1n) is 21.9. The van der Waals surface area contributed by atoms with E-state index in [2.05, 4.69) is 221 Å². The summed E-state index contributed by atoms with van der Waals surface area (Å²) in [6, 6.07) is 67.0. The Labute approximate surface area is 373 Å². The van der Waals surface area contributed by atoms with Crippen molar-refractivity contribution in [3.8, 4) is 39.1 Å². The summed E-state index contributed by atoms with van der Waals surface area (Å²) in [7, 11) is 0. The maximum atomic E-state index is 10.9. The van der Waals surface area contributed by atoms with Gasteiger partial charge in [0.15, 0.2) is 0 Å². The van der Waals surface area contributed by atoms with Gasteiger partial charge in [-0.15, -0.1) is 4.91 Å². The predicted molar refractivity (Wildman–Crippen MR) is 272 cm³/mol.